The van der Waals surface area contributed by atoms with Gasteiger partial charge in [-0.3, -0.25) is 4.79 Å². The van der Waals surface area contributed by atoms with Gasteiger partial charge < -0.3 is 38.7 Å². The molecule has 3 aromatic rings. The molecule has 0 aromatic heterocycles. The summed E-state index contributed by atoms with van der Waals surface area (Å²) in [5, 5.41) is 24.7. The fourth-order valence-corrected chi connectivity index (χ4v) is 6.22. The normalized spacial score (nSPS) is 26.3. The van der Waals surface area contributed by atoms with Gasteiger partial charge in [0.15, 0.2) is 11.2 Å². The number of rotatable bonds is 10. The Morgan fingerprint density at radius 1 is 1.00 bits per heavy atom. The molecule has 1 saturated carbocycles. The number of carbonyl (C=O) groups excluding carboxylic acids is 2. The third-order valence-electron chi connectivity index (χ3n) is 7.93. The molecule has 0 saturated heterocycles. The third kappa shape index (κ3) is 4.00. The lowest BCUT2D eigenvalue weighted by Crippen LogP contribution is -2.52. The highest BCUT2D eigenvalue weighted by Crippen LogP contribution is 2.70. The molecule has 5 unspecified atom stereocenters. The highest BCUT2D eigenvalue weighted by Gasteiger charge is 2.78. The van der Waals surface area contributed by atoms with Crippen LogP contribution < -0.4 is 18.9 Å². The van der Waals surface area contributed by atoms with Crippen LogP contribution in [0.4, 0.5) is 0 Å². The summed E-state index contributed by atoms with van der Waals surface area (Å²) < 4.78 is 28.9. The predicted molar refractivity (Wildman–Crippen MR) is 144 cm³/mol. The minimum absolute atomic E-state index is 0.200. The third-order valence-corrected chi connectivity index (χ3v) is 7.93. The van der Waals surface area contributed by atoms with Crippen molar-refractivity contribution < 1.29 is 43.5 Å². The van der Waals surface area contributed by atoms with Crippen molar-refractivity contribution in [2.75, 3.05) is 27.9 Å². The zero-order valence-corrected chi connectivity index (χ0v) is 22.5. The number of hydrogen-bond donors (Lipinski definition) is 2. The molecule has 1 aliphatic carbocycles. The minimum Gasteiger partial charge on any atom is -0.497 e. The second-order valence-corrected chi connectivity index (χ2v) is 9.87. The first-order valence-electron chi connectivity index (χ1n) is 13.0. The topological polar surface area (TPSA) is 121 Å². The van der Waals surface area contributed by atoms with Crippen molar-refractivity contribution in [3.05, 3.63) is 83.4 Å². The monoisotopic (exact) mass is 548 g/mol. The first-order valence-corrected chi connectivity index (χ1v) is 13.0. The molecule has 210 valence electrons. The van der Waals surface area contributed by atoms with E-state index in [0.29, 0.717) is 35.5 Å². The maximum atomic E-state index is 13.3. The molecular weight excluding hydrogens is 516 g/mol. The maximum Gasteiger partial charge on any atom is 0.312 e. The van der Waals surface area contributed by atoms with Gasteiger partial charge in [-0.25, -0.2) is 0 Å². The molecule has 0 spiro atoms. The smallest absolute Gasteiger partial charge is 0.312 e. The molecule has 1 aliphatic heterocycles. The van der Waals surface area contributed by atoms with Crippen LogP contribution in [0.15, 0.2) is 66.7 Å². The zero-order valence-electron chi connectivity index (χ0n) is 22.5. The summed E-state index contributed by atoms with van der Waals surface area (Å²) in [6, 6.07) is 19.3. The lowest BCUT2D eigenvalue weighted by atomic mass is 9.70. The van der Waals surface area contributed by atoms with E-state index >= 15 is 0 Å². The van der Waals surface area contributed by atoms with Crippen LogP contribution in [0.5, 0.6) is 23.0 Å². The second kappa shape index (κ2) is 10.8. The minimum atomic E-state index is -2.14. The van der Waals surface area contributed by atoms with Gasteiger partial charge in [0.25, 0.3) is 0 Å². The number of unbranched alkanes of at least 4 members (excludes halogenated alkanes) is 1. The Morgan fingerprint density at radius 3 is 2.35 bits per heavy atom. The molecule has 1 fully saturated rings. The number of methoxy groups -OCH3 is 3. The highest BCUT2D eigenvalue weighted by atomic mass is 16.6. The largest absolute Gasteiger partial charge is 0.497 e. The average molecular weight is 549 g/mol. The van der Waals surface area contributed by atoms with Gasteiger partial charge in [0.1, 0.15) is 35.4 Å². The average Bonchev–Trinajstić information content (AvgIpc) is 3.37. The standard InChI is InChI=1S/C31H32O9/c1-36-21-13-11-20(12-14-21)31-26(19-9-5-4-6-10-19)25(29(34)38-3)28(33)30(31,35)27-23(37-2)17-22(18-24(27)40-31)39-16-8-7-15-32/h4-6,9-15,17-18,25-26,28,33,35H,7-8,16H2,1-3H3. The maximum absolute atomic E-state index is 13.3. The second-order valence-electron chi connectivity index (χ2n) is 9.87. The molecule has 5 rings (SSSR count). The molecule has 2 N–H and O–H groups in total. The molecule has 3 aromatic carbocycles. The van der Waals surface area contributed by atoms with Gasteiger partial charge in [-0.05, 0) is 29.7 Å². The first-order chi connectivity index (χ1) is 19.4. The van der Waals surface area contributed by atoms with Crippen molar-refractivity contribution in [1.29, 1.82) is 0 Å². The Labute approximate surface area is 232 Å². The predicted octanol–water partition coefficient (Wildman–Crippen LogP) is 3.48. The van der Waals surface area contributed by atoms with Crippen molar-refractivity contribution >= 4 is 12.3 Å². The van der Waals surface area contributed by atoms with Crippen molar-refractivity contribution in [3.8, 4) is 23.0 Å². The van der Waals surface area contributed by atoms with Crippen LogP contribution in [0.25, 0.3) is 0 Å². The van der Waals surface area contributed by atoms with E-state index in [4.69, 9.17) is 23.7 Å². The summed E-state index contributed by atoms with van der Waals surface area (Å²) in [4.78, 5) is 24.0. The van der Waals surface area contributed by atoms with E-state index in [0.717, 1.165) is 6.29 Å². The molecule has 0 bridgehead atoms. The Hall–Kier alpha value is -4.08. The van der Waals surface area contributed by atoms with E-state index in [1.165, 1.54) is 14.2 Å². The van der Waals surface area contributed by atoms with Crippen LogP contribution in [-0.2, 0) is 25.5 Å². The highest BCUT2D eigenvalue weighted by molar-refractivity contribution is 5.78. The molecule has 9 nitrogen and oxygen atoms in total. The summed E-state index contributed by atoms with van der Waals surface area (Å²) in [7, 11) is 4.24. The number of esters is 1. The Kier molecular flexibility index (Phi) is 7.44. The number of hydrogen-bond acceptors (Lipinski definition) is 9. The summed E-state index contributed by atoms with van der Waals surface area (Å²) >= 11 is 0. The molecular formula is C31H32O9. The first kappa shape index (κ1) is 27.5. The summed E-state index contributed by atoms with van der Waals surface area (Å²) in [5.41, 5.74) is -2.43. The van der Waals surface area contributed by atoms with Gasteiger partial charge in [-0.2, -0.15) is 0 Å². The van der Waals surface area contributed by atoms with Crippen LogP contribution in [0.2, 0.25) is 0 Å². The molecule has 1 heterocycles. The molecule has 5 atom stereocenters. The number of aliphatic hydroxyl groups excluding tert-OH is 1. The molecule has 9 heteroatoms. The Balaban J connectivity index is 1.77. The number of aliphatic hydroxyl groups is 2. The van der Waals surface area contributed by atoms with E-state index in [2.05, 4.69) is 0 Å². The van der Waals surface area contributed by atoms with Gasteiger partial charge in [-0.1, -0.05) is 42.5 Å². The molecule has 0 amide bonds. The van der Waals surface area contributed by atoms with Crippen molar-refractivity contribution in [3.63, 3.8) is 0 Å². The van der Waals surface area contributed by atoms with Crippen LogP contribution in [0.3, 0.4) is 0 Å². The van der Waals surface area contributed by atoms with Crippen LogP contribution >= 0.6 is 0 Å². The number of ether oxygens (including phenoxy) is 5. The van der Waals surface area contributed by atoms with E-state index in [-0.39, 0.29) is 23.7 Å². The number of carbonyl (C=O) groups is 2. The van der Waals surface area contributed by atoms with E-state index in [9.17, 15) is 19.8 Å². The summed E-state index contributed by atoms with van der Waals surface area (Å²) in [5.74, 6) is -1.28. The fourth-order valence-electron chi connectivity index (χ4n) is 6.22. The summed E-state index contributed by atoms with van der Waals surface area (Å²) in [6.45, 7) is 0.286. The lowest BCUT2D eigenvalue weighted by Gasteiger charge is -2.40. The van der Waals surface area contributed by atoms with Crippen LogP contribution in [0.1, 0.15) is 35.4 Å². The van der Waals surface area contributed by atoms with Gasteiger partial charge >= 0.3 is 5.97 Å². The van der Waals surface area contributed by atoms with E-state index < -0.39 is 35.1 Å². The van der Waals surface area contributed by atoms with Crippen molar-refractivity contribution in [2.45, 2.75) is 36.1 Å². The Bertz CT molecular complexity index is 1370. The molecule has 0 radical (unpaired) electrons. The van der Waals surface area contributed by atoms with E-state index in [1.807, 2.05) is 30.3 Å². The number of benzene rings is 3. The van der Waals surface area contributed by atoms with Gasteiger partial charge in [-0.15, -0.1) is 0 Å². The van der Waals surface area contributed by atoms with Crippen LogP contribution in [0, 0.1) is 5.92 Å². The molecule has 40 heavy (non-hydrogen) atoms. The quantitative estimate of drug-likeness (QED) is 0.223. The van der Waals surface area contributed by atoms with Crippen molar-refractivity contribution in [2.24, 2.45) is 5.92 Å². The zero-order chi connectivity index (χ0) is 28.5. The van der Waals surface area contributed by atoms with Crippen molar-refractivity contribution in [1.82, 2.24) is 0 Å². The lowest BCUT2D eigenvalue weighted by molar-refractivity contribution is -0.161. The summed E-state index contributed by atoms with van der Waals surface area (Å²) in [6.07, 6.45) is 0.0768. The van der Waals surface area contributed by atoms with Gasteiger partial charge in [0.05, 0.1) is 39.4 Å². The fraction of sp³-hybridized carbons (Fsp3) is 0.355. The van der Waals surface area contributed by atoms with Crippen LogP contribution in [-0.4, -0.2) is 56.5 Å². The van der Waals surface area contributed by atoms with Gasteiger partial charge in [0, 0.05) is 24.5 Å². The SMILES string of the molecule is COC(=O)C1C(O)C2(O)c3c(OC)cc(OCCCC=O)cc3OC2(c2ccc(OC)cc2)C1c1ccccc1. The number of aldehydes is 1. The van der Waals surface area contributed by atoms with E-state index in [1.54, 1.807) is 43.5 Å². The van der Waals surface area contributed by atoms with Gasteiger partial charge in [0.2, 0.25) is 0 Å². The molecule has 2 aliphatic rings. The number of fused-ring (bicyclic) bond motifs is 3. The Morgan fingerprint density at radius 2 is 1.73 bits per heavy atom.